The highest BCUT2D eigenvalue weighted by atomic mass is 19.1. The molecule has 1 amide bonds. The van der Waals surface area contributed by atoms with E-state index in [1.54, 1.807) is 38.1 Å². The fraction of sp³-hybridized carbons (Fsp3) is 0.107. The van der Waals surface area contributed by atoms with E-state index >= 15 is 4.39 Å². The number of fused-ring (bicyclic) bond motifs is 1. The first-order valence-corrected chi connectivity index (χ1v) is 11.5. The van der Waals surface area contributed by atoms with E-state index in [2.05, 4.69) is 10.4 Å². The lowest BCUT2D eigenvalue weighted by Crippen LogP contribution is -2.22. The van der Waals surface area contributed by atoms with Gasteiger partial charge in [-0.2, -0.15) is 4.68 Å². The highest BCUT2D eigenvalue weighted by molar-refractivity contribution is 6.06. The third-order valence-electron chi connectivity index (χ3n) is 5.98. The molecule has 0 aliphatic carbocycles. The number of rotatable bonds is 6. The molecule has 0 saturated carbocycles. The molecule has 1 atom stereocenters. The van der Waals surface area contributed by atoms with Crippen molar-refractivity contribution in [2.75, 3.05) is 5.32 Å². The Kier molecular flexibility index (Phi) is 6.27. The Morgan fingerprint density at radius 3 is 2.46 bits per heavy atom. The maximum atomic E-state index is 15.4. The SMILES string of the molecule is Cc1cccc(F)c1NC(=O)c1cc(F)c(-n2nc3ccccn3c2=O)cc1OC(C)c1ccccc1. The smallest absolute Gasteiger partial charge is 0.355 e. The van der Waals surface area contributed by atoms with Crippen LogP contribution in [0.1, 0.15) is 34.5 Å². The molecule has 3 aromatic carbocycles. The Bertz CT molecular complexity index is 1660. The zero-order chi connectivity index (χ0) is 26.1. The summed E-state index contributed by atoms with van der Waals surface area (Å²) in [6, 6.07) is 20.8. The van der Waals surface area contributed by atoms with Crippen LogP contribution in [0.15, 0.2) is 89.9 Å². The number of halogens is 2. The number of amides is 1. The molecule has 0 radical (unpaired) electrons. The summed E-state index contributed by atoms with van der Waals surface area (Å²) in [4.78, 5) is 26.2. The van der Waals surface area contributed by atoms with E-state index in [-0.39, 0.29) is 22.7 Å². The molecular formula is C28H22F2N4O3. The largest absolute Gasteiger partial charge is 0.485 e. The molecule has 1 N–H and O–H groups in total. The Morgan fingerprint density at radius 1 is 0.973 bits per heavy atom. The number of para-hydroxylation sites is 1. The number of hydrogen-bond acceptors (Lipinski definition) is 4. The first kappa shape index (κ1) is 23.9. The minimum atomic E-state index is -0.874. The van der Waals surface area contributed by atoms with Crippen LogP contribution in [0.2, 0.25) is 0 Å². The van der Waals surface area contributed by atoms with Gasteiger partial charge in [0.05, 0.1) is 11.3 Å². The zero-order valence-corrected chi connectivity index (χ0v) is 20.0. The molecule has 0 spiro atoms. The number of hydrogen-bond donors (Lipinski definition) is 1. The van der Waals surface area contributed by atoms with Crippen LogP contribution in [0.25, 0.3) is 11.3 Å². The number of nitrogens with one attached hydrogen (secondary N) is 1. The average Bonchev–Trinajstić information content (AvgIpc) is 3.23. The Labute approximate surface area is 210 Å². The van der Waals surface area contributed by atoms with Crippen molar-refractivity contribution in [3.8, 4) is 11.4 Å². The molecule has 5 rings (SSSR count). The van der Waals surface area contributed by atoms with Crippen molar-refractivity contribution in [1.29, 1.82) is 0 Å². The van der Waals surface area contributed by atoms with Crippen molar-refractivity contribution in [1.82, 2.24) is 14.2 Å². The highest BCUT2D eigenvalue weighted by Gasteiger charge is 2.23. The summed E-state index contributed by atoms with van der Waals surface area (Å²) in [6.45, 7) is 3.42. The van der Waals surface area contributed by atoms with Crippen molar-refractivity contribution in [2.45, 2.75) is 20.0 Å². The number of benzene rings is 3. The molecule has 7 nitrogen and oxygen atoms in total. The third-order valence-corrected chi connectivity index (χ3v) is 5.98. The van der Waals surface area contributed by atoms with Gasteiger partial charge >= 0.3 is 5.69 Å². The molecule has 0 aliphatic heterocycles. The van der Waals surface area contributed by atoms with Crippen LogP contribution in [0.5, 0.6) is 5.75 Å². The monoisotopic (exact) mass is 500 g/mol. The lowest BCUT2D eigenvalue weighted by Gasteiger charge is -2.19. The fourth-order valence-electron chi connectivity index (χ4n) is 4.02. The lowest BCUT2D eigenvalue weighted by molar-refractivity contribution is 0.101. The molecule has 0 saturated heterocycles. The molecule has 0 aliphatic rings. The second-order valence-corrected chi connectivity index (χ2v) is 8.48. The van der Waals surface area contributed by atoms with Crippen LogP contribution >= 0.6 is 0 Å². The maximum absolute atomic E-state index is 15.4. The number of aromatic nitrogens is 3. The van der Waals surface area contributed by atoms with E-state index in [1.807, 2.05) is 30.3 Å². The second-order valence-electron chi connectivity index (χ2n) is 8.48. The Hall–Kier alpha value is -4.79. The van der Waals surface area contributed by atoms with E-state index in [0.29, 0.717) is 11.2 Å². The number of carbonyl (C=O) groups is 1. The number of carbonyl (C=O) groups excluding carboxylic acids is 1. The standard InChI is InChI=1S/C28H22F2N4O3/c1-17-9-8-12-21(29)26(17)31-27(35)20-15-22(30)23(34-28(36)33-14-7-6-13-25(33)32-34)16-24(20)37-18(2)19-10-4-3-5-11-19/h3-16,18H,1-2H3,(H,31,35). The average molecular weight is 501 g/mol. The van der Waals surface area contributed by atoms with Gasteiger partial charge in [0.15, 0.2) is 5.65 Å². The summed E-state index contributed by atoms with van der Waals surface area (Å²) in [5.74, 6) is -2.26. The predicted octanol–water partition coefficient (Wildman–Crippen LogP) is 5.46. The summed E-state index contributed by atoms with van der Waals surface area (Å²) >= 11 is 0. The van der Waals surface area contributed by atoms with Crippen molar-refractivity contribution in [3.63, 3.8) is 0 Å². The first-order chi connectivity index (χ1) is 17.8. The Morgan fingerprint density at radius 2 is 1.73 bits per heavy atom. The van der Waals surface area contributed by atoms with Crippen molar-refractivity contribution in [3.05, 3.63) is 124 Å². The van der Waals surface area contributed by atoms with E-state index in [0.717, 1.165) is 16.3 Å². The molecule has 186 valence electrons. The minimum Gasteiger partial charge on any atom is -0.485 e. The van der Waals surface area contributed by atoms with Crippen LogP contribution in [0.3, 0.4) is 0 Å². The van der Waals surface area contributed by atoms with Gasteiger partial charge in [0.25, 0.3) is 5.91 Å². The number of pyridine rings is 1. The summed E-state index contributed by atoms with van der Waals surface area (Å²) in [7, 11) is 0. The van der Waals surface area contributed by atoms with Gasteiger partial charge in [-0.25, -0.2) is 18.0 Å². The molecule has 0 bridgehead atoms. The van der Waals surface area contributed by atoms with Crippen molar-refractivity contribution >= 4 is 17.2 Å². The molecule has 2 heterocycles. The molecule has 37 heavy (non-hydrogen) atoms. The molecule has 5 aromatic rings. The molecular weight excluding hydrogens is 478 g/mol. The Balaban J connectivity index is 1.62. The van der Waals surface area contributed by atoms with Crippen LogP contribution < -0.4 is 15.7 Å². The van der Waals surface area contributed by atoms with Gasteiger partial charge in [0.2, 0.25) is 0 Å². The van der Waals surface area contributed by atoms with E-state index in [1.165, 1.54) is 28.8 Å². The van der Waals surface area contributed by atoms with E-state index in [4.69, 9.17) is 4.74 Å². The lowest BCUT2D eigenvalue weighted by atomic mass is 10.1. The molecule has 1 unspecified atom stereocenters. The predicted molar refractivity (Wildman–Crippen MR) is 135 cm³/mol. The summed E-state index contributed by atoms with van der Waals surface area (Å²) in [5, 5.41) is 6.73. The van der Waals surface area contributed by atoms with Gasteiger partial charge in [-0.05, 0) is 49.2 Å². The van der Waals surface area contributed by atoms with Gasteiger partial charge in [-0.15, -0.1) is 5.10 Å². The van der Waals surface area contributed by atoms with Gasteiger partial charge in [0, 0.05) is 12.3 Å². The van der Waals surface area contributed by atoms with E-state index in [9.17, 15) is 14.0 Å². The van der Waals surface area contributed by atoms with Gasteiger partial charge in [-0.1, -0.05) is 48.5 Å². The fourth-order valence-corrected chi connectivity index (χ4v) is 4.02. The number of nitrogens with zero attached hydrogens (tertiary/aromatic N) is 3. The van der Waals surface area contributed by atoms with Gasteiger partial charge in [-0.3, -0.25) is 4.79 Å². The van der Waals surface area contributed by atoms with Crippen molar-refractivity contribution in [2.24, 2.45) is 0 Å². The topological polar surface area (TPSA) is 77.6 Å². The minimum absolute atomic E-state index is 0.00296. The van der Waals surface area contributed by atoms with Crippen LogP contribution in [0, 0.1) is 18.6 Å². The number of aryl methyl sites for hydroxylation is 1. The third kappa shape index (κ3) is 4.58. The van der Waals surface area contributed by atoms with Crippen LogP contribution in [-0.2, 0) is 0 Å². The molecule has 9 heteroatoms. The van der Waals surface area contributed by atoms with Crippen LogP contribution in [-0.4, -0.2) is 20.1 Å². The van der Waals surface area contributed by atoms with Gasteiger partial charge < -0.3 is 10.1 Å². The summed E-state index contributed by atoms with van der Waals surface area (Å²) in [6.07, 6.45) is 0.992. The van der Waals surface area contributed by atoms with Gasteiger partial charge in [0.1, 0.15) is 29.2 Å². The summed E-state index contributed by atoms with van der Waals surface area (Å²) in [5.41, 5.74) is 0.678. The normalized spacial score (nSPS) is 11.9. The number of ether oxygens (including phenoxy) is 1. The van der Waals surface area contributed by atoms with Crippen molar-refractivity contribution < 1.29 is 18.3 Å². The molecule has 2 aromatic heterocycles. The van der Waals surface area contributed by atoms with Crippen LogP contribution in [0.4, 0.5) is 14.5 Å². The molecule has 0 fully saturated rings. The maximum Gasteiger partial charge on any atom is 0.355 e. The summed E-state index contributed by atoms with van der Waals surface area (Å²) < 4.78 is 38.1. The highest BCUT2D eigenvalue weighted by Crippen LogP contribution is 2.31. The first-order valence-electron chi connectivity index (χ1n) is 11.5. The zero-order valence-electron chi connectivity index (χ0n) is 20.0. The second kappa shape index (κ2) is 9.69. The quantitative estimate of drug-likeness (QED) is 0.336. The van der Waals surface area contributed by atoms with E-state index < -0.39 is 29.3 Å². The number of anilines is 1.